The summed E-state index contributed by atoms with van der Waals surface area (Å²) in [5.74, 6) is -0.149. The predicted molar refractivity (Wildman–Crippen MR) is 79.1 cm³/mol. The lowest BCUT2D eigenvalue weighted by Gasteiger charge is -2.43. The van der Waals surface area contributed by atoms with Crippen LogP contribution in [0.4, 0.5) is 10.1 Å². The van der Waals surface area contributed by atoms with Gasteiger partial charge in [-0.25, -0.2) is 4.39 Å². The number of fused-ring (bicyclic) bond motifs is 1. The number of nitrogens with zero attached hydrogens (tertiary/aromatic N) is 1. The highest BCUT2D eigenvalue weighted by Gasteiger charge is 2.37. The Morgan fingerprint density at radius 2 is 1.95 bits per heavy atom. The molecular formula is C16H25FN2. The standard InChI is InChI=1S/C16H25FN2/c1-3-8-16(12-18,9-4-2)19-10-7-13-5-6-14(17)11-15(13)19/h5-6,11H,3-4,7-10,12,18H2,1-2H3. The molecular weight excluding hydrogens is 239 g/mol. The highest BCUT2D eigenvalue weighted by molar-refractivity contribution is 5.60. The first-order valence-electron chi connectivity index (χ1n) is 7.43. The van der Waals surface area contributed by atoms with E-state index in [1.165, 1.54) is 5.56 Å². The Kier molecular flexibility index (Phi) is 4.46. The zero-order valence-corrected chi connectivity index (χ0v) is 12.1. The van der Waals surface area contributed by atoms with E-state index in [-0.39, 0.29) is 11.4 Å². The van der Waals surface area contributed by atoms with Gasteiger partial charge in [0.25, 0.3) is 0 Å². The minimum absolute atomic E-state index is 0.00252. The van der Waals surface area contributed by atoms with Gasteiger partial charge in [0, 0.05) is 18.8 Å². The molecule has 106 valence electrons. The van der Waals surface area contributed by atoms with Crippen molar-refractivity contribution in [3.8, 4) is 0 Å². The molecule has 1 aromatic carbocycles. The fraction of sp³-hybridized carbons (Fsp3) is 0.625. The van der Waals surface area contributed by atoms with Crippen molar-refractivity contribution >= 4 is 5.69 Å². The molecule has 0 aliphatic carbocycles. The van der Waals surface area contributed by atoms with E-state index in [1.54, 1.807) is 12.1 Å². The summed E-state index contributed by atoms with van der Waals surface area (Å²) in [6.45, 7) is 6.01. The van der Waals surface area contributed by atoms with Crippen LogP contribution in [-0.2, 0) is 6.42 Å². The van der Waals surface area contributed by atoms with Crippen LogP contribution < -0.4 is 10.6 Å². The summed E-state index contributed by atoms with van der Waals surface area (Å²) in [6, 6.07) is 5.16. The second kappa shape index (κ2) is 5.91. The molecule has 0 spiro atoms. The van der Waals surface area contributed by atoms with Gasteiger partial charge in [-0.05, 0) is 37.0 Å². The molecule has 1 aliphatic heterocycles. The average Bonchev–Trinajstić information content (AvgIpc) is 2.81. The molecule has 0 saturated heterocycles. The van der Waals surface area contributed by atoms with Gasteiger partial charge in [0.2, 0.25) is 0 Å². The Hall–Kier alpha value is -1.09. The summed E-state index contributed by atoms with van der Waals surface area (Å²) < 4.78 is 13.5. The number of nitrogens with two attached hydrogens (primary N) is 1. The lowest BCUT2D eigenvalue weighted by atomic mass is 9.86. The zero-order valence-electron chi connectivity index (χ0n) is 12.1. The van der Waals surface area contributed by atoms with E-state index in [1.807, 2.05) is 6.07 Å². The van der Waals surface area contributed by atoms with E-state index < -0.39 is 0 Å². The first kappa shape index (κ1) is 14.3. The molecule has 0 amide bonds. The van der Waals surface area contributed by atoms with Crippen LogP contribution in [0, 0.1) is 5.82 Å². The second-order valence-electron chi connectivity index (χ2n) is 5.60. The van der Waals surface area contributed by atoms with Gasteiger partial charge in [-0.2, -0.15) is 0 Å². The van der Waals surface area contributed by atoms with E-state index in [9.17, 15) is 4.39 Å². The van der Waals surface area contributed by atoms with E-state index in [0.717, 1.165) is 44.3 Å². The molecule has 1 heterocycles. The van der Waals surface area contributed by atoms with Gasteiger partial charge in [0.1, 0.15) is 5.82 Å². The van der Waals surface area contributed by atoms with Gasteiger partial charge in [-0.1, -0.05) is 32.8 Å². The Balaban J connectivity index is 2.37. The molecule has 2 N–H and O–H groups in total. The molecule has 0 saturated carbocycles. The summed E-state index contributed by atoms with van der Waals surface area (Å²) in [5, 5.41) is 0. The molecule has 0 unspecified atom stereocenters. The predicted octanol–water partition coefficient (Wildman–Crippen LogP) is 3.49. The number of hydrogen-bond donors (Lipinski definition) is 1. The van der Waals surface area contributed by atoms with E-state index in [2.05, 4.69) is 18.7 Å². The van der Waals surface area contributed by atoms with E-state index in [0.29, 0.717) is 6.54 Å². The Morgan fingerprint density at radius 1 is 1.26 bits per heavy atom. The third-order valence-corrected chi connectivity index (χ3v) is 4.33. The number of anilines is 1. The van der Waals surface area contributed by atoms with Gasteiger partial charge in [0.05, 0.1) is 5.54 Å². The van der Waals surface area contributed by atoms with Crippen molar-refractivity contribution in [2.24, 2.45) is 5.73 Å². The van der Waals surface area contributed by atoms with Crippen LogP contribution >= 0.6 is 0 Å². The van der Waals surface area contributed by atoms with Crippen LogP contribution in [0.25, 0.3) is 0 Å². The Labute approximate surface area is 115 Å². The van der Waals surface area contributed by atoms with E-state index >= 15 is 0 Å². The summed E-state index contributed by atoms with van der Waals surface area (Å²) in [7, 11) is 0. The lowest BCUT2D eigenvalue weighted by Crippen LogP contribution is -2.53. The molecule has 0 radical (unpaired) electrons. The van der Waals surface area contributed by atoms with E-state index in [4.69, 9.17) is 5.73 Å². The molecule has 2 nitrogen and oxygen atoms in total. The molecule has 1 aromatic rings. The van der Waals surface area contributed by atoms with Crippen LogP contribution in [0.3, 0.4) is 0 Å². The van der Waals surface area contributed by atoms with Crippen molar-refractivity contribution < 1.29 is 4.39 Å². The Bertz CT molecular complexity index is 425. The molecule has 3 heteroatoms. The molecule has 0 bridgehead atoms. The van der Waals surface area contributed by atoms with Crippen molar-refractivity contribution in [3.63, 3.8) is 0 Å². The highest BCUT2D eigenvalue weighted by Crippen LogP contribution is 2.38. The SMILES string of the molecule is CCCC(CN)(CCC)N1CCc2ccc(F)cc21. The van der Waals surface area contributed by atoms with Crippen molar-refractivity contribution in [3.05, 3.63) is 29.6 Å². The lowest BCUT2D eigenvalue weighted by molar-refractivity contribution is 0.340. The molecule has 1 aliphatic rings. The number of rotatable bonds is 6. The summed E-state index contributed by atoms with van der Waals surface area (Å²) in [6.07, 6.45) is 5.38. The minimum Gasteiger partial charge on any atom is -0.364 e. The average molecular weight is 264 g/mol. The van der Waals surface area contributed by atoms with Gasteiger partial charge in [-0.15, -0.1) is 0 Å². The minimum atomic E-state index is -0.149. The Morgan fingerprint density at radius 3 is 2.53 bits per heavy atom. The third kappa shape index (κ3) is 2.62. The second-order valence-corrected chi connectivity index (χ2v) is 5.60. The number of benzene rings is 1. The quantitative estimate of drug-likeness (QED) is 0.852. The van der Waals surface area contributed by atoms with Crippen molar-refractivity contribution in [2.75, 3.05) is 18.0 Å². The maximum absolute atomic E-state index is 13.5. The van der Waals surface area contributed by atoms with Crippen LogP contribution in [0.5, 0.6) is 0 Å². The summed E-state index contributed by atoms with van der Waals surface area (Å²) in [4.78, 5) is 2.37. The molecule has 0 fully saturated rings. The molecule has 19 heavy (non-hydrogen) atoms. The van der Waals surface area contributed by atoms with Crippen LogP contribution in [-0.4, -0.2) is 18.6 Å². The van der Waals surface area contributed by atoms with Crippen molar-refractivity contribution in [1.82, 2.24) is 0 Å². The normalized spacial score (nSPS) is 14.8. The number of hydrogen-bond acceptors (Lipinski definition) is 2. The van der Waals surface area contributed by atoms with Gasteiger partial charge in [0.15, 0.2) is 0 Å². The monoisotopic (exact) mass is 264 g/mol. The third-order valence-electron chi connectivity index (χ3n) is 4.33. The summed E-state index contributed by atoms with van der Waals surface area (Å²) >= 11 is 0. The fourth-order valence-electron chi connectivity index (χ4n) is 3.49. The fourth-order valence-corrected chi connectivity index (χ4v) is 3.49. The van der Waals surface area contributed by atoms with Gasteiger partial charge >= 0.3 is 0 Å². The smallest absolute Gasteiger partial charge is 0.125 e. The van der Waals surface area contributed by atoms with Crippen molar-refractivity contribution in [1.29, 1.82) is 0 Å². The van der Waals surface area contributed by atoms with Gasteiger partial charge < -0.3 is 10.6 Å². The van der Waals surface area contributed by atoms with Crippen LogP contribution in [0.1, 0.15) is 45.1 Å². The first-order chi connectivity index (χ1) is 9.16. The summed E-state index contributed by atoms with van der Waals surface area (Å²) in [5.41, 5.74) is 8.44. The van der Waals surface area contributed by atoms with Crippen LogP contribution in [0.2, 0.25) is 0 Å². The van der Waals surface area contributed by atoms with Crippen molar-refractivity contribution in [2.45, 2.75) is 51.5 Å². The molecule has 2 rings (SSSR count). The zero-order chi connectivity index (χ0) is 13.9. The first-order valence-corrected chi connectivity index (χ1v) is 7.43. The molecule has 0 aromatic heterocycles. The largest absolute Gasteiger partial charge is 0.364 e. The molecule has 0 atom stereocenters. The maximum Gasteiger partial charge on any atom is 0.125 e. The topological polar surface area (TPSA) is 29.3 Å². The van der Waals surface area contributed by atoms with Gasteiger partial charge in [-0.3, -0.25) is 0 Å². The number of halogens is 1. The van der Waals surface area contributed by atoms with Crippen LogP contribution in [0.15, 0.2) is 18.2 Å². The highest BCUT2D eigenvalue weighted by atomic mass is 19.1. The maximum atomic E-state index is 13.5.